The van der Waals surface area contributed by atoms with Crippen LogP contribution in [-0.2, 0) is 9.59 Å². The maximum atomic E-state index is 10.5. The van der Waals surface area contributed by atoms with Crippen molar-refractivity contribution in [2.45, 2.75) is 12.2 Å². The van der Waals surface area contributed by atoms with Gasteiger partial charge in [0, 0.05) is 0 Å². The molecule has 1 heterocycles. The van der Waals surface area contributed by atoms with Crippen LogP contribution in [0.25, 0.3) is 0 Å². The van der Waals surface area contributed by atoms with E-state index in [1.165, 1.54) is 0 Å². The van der Waals surface area contributed by atoms with Gasteiger partial charge in [0.05, 0.1) is 0 Å². The van der Waals surface area contributed by atoms with Gasteiger partial charge in [-0.25, -0.2) is 0 Å². The van der Waals surface area contributed by atoms with Gasteiger partial charge in [0.15, 0.2) is 0 Å². The maximum absolute atomic E-state index is 10.5. The zero-order valence-corrected chi connectivity index (χ0v) is 11.0. The quantitative estimate of drug-likeness (QED) is 0.365. The van der Waals surface area contributed by atoms with Crippen molar-refractivity contribution < 1.29 is 37.1 Å². The van der Waals surface area contributed by atoms with Gasteiger partial charge in [0.25, 0.3) is 0 Å². The van der Waals surface area contributed by atoms with Crippen LogP contribution in [0.15, 0.2) is 0 Å². The van der Waals surface area contributed by atoms with Gasteiger partial charge in [-0.2, -0.15) is 0 Å². The Morgan fingerprint density at radius 1 is 1.00 bits per heavy atom. The zero-order chi connectivity index (χ0) is 11.5. The average molecular weight is 414 g/mol. The molecule has 0 aromatic heterocycles. The van der Waals surface area contributed by atoms with Crippen LogP contribution < -0.4 is 0 Å². The normalized spacial score (nSPS) is 29.0. The van der Waals surface area contributed by atoms with Crippen LogP contribution in [0.3, 0.4) is 0 Å². The molecule has 0 aliphatic carbocycles. The standard InChI is InChI=1S/C4H4O4.BF4.Bi.2H/c5-1-3(7)4(8)2-6;2-1(3,4)5;;;/h3-4,7-8H;;;;/q;-1;+1;;. The van der Waals surface area contributed by atoms with E-state index in [1.54, 1.807) is 0 Å². The van der Waals surface area contributed by atoms with Crippen LogP contribution in [-0.4, -0.2) is 59.9 Å². The van der Waals surface area contributed by atoms with E-state index in [0.717, 1.165) is 0 Å². The Kier molecular flexibility index (Phi) is 5.11. The number of carbonyl (C=O) groups excluding carboxylic acids is 2. The fourth-order valence-corrected chi connectivity index (χ4v) is 4.46. The summed E-state index contributed by atoms with van der Waals surface area (Å²) >= 11 is -2.06. The summed E-state index contributed by atoms with van der Waals surface area (Å²) in [7, 11) is -6.00. The molecule has 10 heteroatoms. The second-order valence-electron chi connectivity index (χ2n) is 2.33. The molecule has 1 saturated heterocycles. The van der Waals surface area contributed by atoms with Crippen molar-refractivity contribution in [1.82, 2.24) is 0 Å². The Morgan fingerprint density at radius 2 is 1.21 bits per heavy atom. The van der Waals surface area contributed by atoms with Crippen LogP contribution in [0, 0.1) is 0 Å². The average Bonchev–Trinajstić information content (AvgIpc) is 2.14. The van der Waals surface area contributed by atoms with Crippen LogP contribution in [0.1, 0.15) is 0 Å². The van der Waals surface area contributed by atoms with Crippen LogP contribution >= 0.6 is 0 Å². The third-order valence-corrected chi connectivity index (χ3v) is 6.03. The van der Waals surface area contributed by atoms with Gasteiger partial charge in [-0.05, 0) is 0 Å². The molecule has 0 radical (unpaired) electrons. The van der Waals surface area contributed by atoms with Gasteiger partial charge >= 0.3 is 69.5 Å². The summed E-state index contributed by atoms with van der Waals surface area (Å²) < 4.78 is 38.2. The fraction of sp³-hybridized carbons (Fsp3) is 0.500. The molecule has 0 spiro atoms. The molecule has 0 saturated carbocycles. The molecular weight excluding hydrogens is 408 g/mol. The molecule has 82 valence electrons. The predicted molar refractivity (Wildman–Crippen MR) is 40.8 cm³/mol. The minimum atomic E-state index is -6.00. The van der Waals surface area contributed by atoms with E-state index < -0.39 is 42.7 Å². The van der Waals surface area contributed by atoms with Crippen LogP contribution in [0.2, 0.25) is 0 Å². The molecule has 0 aromatic rings. The first kappa shape index (κ1) is 13.9. The number of hydrogen-bond acceptors (Lipinski definition) is 4. The first-order chi connectivity index (χ1) is 6.13. The minimum absolute atomic E-state index is 0.382. The predicted octanol–water partition coefficient (Wildman–Crippen LogP) is -1.76. The number of aliphatic hydroxyl groups excluding tert-OH is 2. The van der Waals surface area contributed by atoms with E-state index in [1.807, 2.05) is 0 Å². The molecule has 0 bridgehead atoms. The fourth-order valence-electron chi connectivity index (χ4n) is 0.622. The van der Waals surface area contributed by atoms with Crippen molar-refractivity contribution >= 4 is 37.5 Å². The van der Waals surface area contributed by atoms with Gasteiger partial charge in [0.2, 0.25) is 0 Å². The molecule has 14 heavy (non-hydrogen) atoms. The van der Waals surface area contributed by atoms with E-state index in [-0.39, 0.29) is 6.98 Å². The van der Waals surface area contributed by atoms with Crippen LogP contribution in [0.5, 0.6) is 0 Å². The number of halogens is 4. The van der Waals surface area contributed by atoms with Crippen molar-refractivity contribution in [2.75, 3.05) is 0 Å². The number of aliphatic hydroxyl groups is 2. The van der Waals surface area contributed by atoms with Gasteiger partial charge in [-0.1, -0.05) is 0 Å². The number of rotatable bonds is 0. The van der Waals surface area contributed by atoms with Gasteiger partial charge < -0.3 is 17.3 Å². The Balaban J connectivity index is 0.000000292. The molecule has 2 atom stereocenters. The zero-order valence-electron chi connectivity index (χ0n) is 6.53. The summed E-state index contributed by atoms with van der Waals surface area (Å²) in [6, 6.07) is 0. The van der Waals surface area contributed by atoms with Gasteiger partial charge in [-0.3, -0.25) is 0 Å². The summed E-state index contributed by atoms with van der Waals surface area (Å²) in [4.78, 5) is 20.9. The van der Waals surface area contributed by atoms with Crippen LogP contribution in [0.4, 0.5) is 17.3 Å². The van der Waals surface area contributed by atoms with Crippen molar-refractivity contribution in [3.63, 3.8) is 0 Å². The first-order valence-electron chi connectivity index (χ1n) is 3.29. The molecule has 2 N–H and O–H groups in total. The van der Waals surface area contributed by atoms with E-state index in [9.17, 15) is 26.9 Å². The molecule has 0 amide bonds. The summed E-state index contributed by atoms with van der Waals surface area (Å²) in [5.74, 6) is 0. The summed E-state index contributed by atoms with van der Waals surface area (Å²) in [5, 5.41) is 17.3. The van der Waals surface area contributed by atoms with Crippen molar-refractivity contribution in [2.24, 2.45) is 0 Å². The van der Waals surface area contributed by atoms with E-state index in [0.29, 0.717) is 0 Å². The second-order valence-corrected chi connectivity index (χ2v) is 7.88. The summed E-state index contributed by atoms with van der Waals surface area (Å²) in [5.41, 5.74) is 0. The van der Waals surface area contributed by atoms with E-state index in [4.69, 9.17) is 10.2 Å². The Labute approximate surface area is 87.0 Å². The van der Waals surface area contributed by atoms with Crippen molar-refractivity contribution in [3.05, 3.63) is 0 Å². The Morgan fingerprint density at radius 3 is 1.29 bits per heavy atom. The molecule has 4 nitrogen and oxygen atoms in total. The summed E-state index contributed by atoms with van der Waals surface area (Å²) in [6.45, 7) is 0. The molecule has 2 unspecified atom stereocenters. The first-order valence-corrected chi connectivity index (χ1v) is 7.77. The summed E-state index contributed by atoms with van der Waals surface area (Å²) in [6.07, 6.45) is -2.76. The Hall–Kier alpha value is -0.0719. The van der Waals surface area contributed by atoms with Gasteiger partial charge in [0.1, 0.15) is 0 Å². The SMILES string of the molecule is F[B-](F)(F)F.O=[C]1[BiH2+][C](=O)C(O)C1O. The van der Waals surface area contributed by atoms with E-state index >= 15 is 0 Å². The molecule has 0 aromatic carbocycles. The molecule has 1 fully saturated rings. The molecular formula is C4H6BBiF4O4. The number of carbonyl (C=O) groups is 2. The number of hydrogen-bond donors (Lipinski definition) is 2. The van der Waals surface area contributed by atoms with Crippen molar-refractivity contribution in [1.29, 1.82) is 0 Å². The van der Waals surface area contributed by atoms with Gasteiger partial charge in [-0.15, -0.1) is 0 Å². The monoisotopic (exact) mass is 414 g/mol. The Bertz CT molecular complexity index is 220. The van der Waals surface area contributed by atoms with E-state index in [2.05, 4.69) is 0 Å². The molecule has 1 rings (SSSR count). The third kappa shape index (κ3) is 5.61. The van der Waals surface area contributed by atoms with Crippen molar-refractivity contribution in [3.8, 4) is 0 Å². The molecule has 1 aliphatic rings. The second kappa shape index (κ2) is 5.13. The molecule has 1 aliphatic heterocycles. The third-order valence-electron chi connectivity index (χ3n) is 1.17. The topological polar surface area (TPSA) is 74.6 Å².